The Bertz CT molecular complexity index is 699. The molecule has 1 aliphatic heterocycles. The largest absolute Gasteiger partial charge is 0.507 e. The predicted octanol–water partition coefficient (Wildman–Crippen LogP) is 3.79. The highest BCUT2D eigenvalue weighted by Gasteiger charge is 2.29. The van der Waals surface area contributed by atoms with Gasteiger partial charge in [-0.1, -0.05) is 34.1 Å². The Morgan fingerprint density at radius 2 is 2.05 bits per heavy atom. The Morgan fingerprint density at radius 1 is 1.29 bits per heavy atom. The number of phenols is 1. The molecule has 0 radical (unpaired) electrons. The van der Waals surface area contributed by atoms with E-state index in [1.165, 1.54) is 5.56 Å². The molecule has 0 amide bonds. The second-order valence-corrected chi connectivity index (χ2v) is 6.19. The quantitative estimate of drug-likeness (QED) is 0.860. The summed E-state index contributed by atoms with van der Waals surface area (Å²) in [6, 6.07) is 12.8. The van der Waals surface area contributed by atoms with Crippen molar-refractivity contribution in [2.45, 2.75) is 19.4 Å². The molecule has 1 aliphatic rings. The first-order valence-electron chi connectivity index (χ1n) is 6.95. The van der Waals surface area contributed by atoms with Crippen LogP contribution in [-0.2, 0) is 6.42 Å². The molecule has 0 aliphatic carbocycles. The second-order valence-electron chi connectivity index (χ2n) is 5.27. The fourth-order valence-electron chi connectivity index (χ4n) is 2.84. The number of nitrogens with zero attached hydrogens (tertiary/aromatic N) is 1. The number of aromatic hydroxyl groups is 1. The number of carbonyl (C=O) groups is 1. The van der Waals surface area contributed by atoms with Gasteiger partial charge in [-0.05, 0) is 43.2 Å². The fraction of sp³-hybridized carbons (Fsp3) is 0.235. The summed E-state index contributed by atoms with van der Waals surface area (Å²) in [7, 11) is 0. The van der Waals surface area contributed by atoms with E-state index in [2.05, 4.69) is 26.9 Å². The van der Waals surface area contributed by atoms with Gasteiger partial charge in [0.15, 0.2) is 5.78 Å². The third kappa shape index (κ3) is 2.56. The Kier molecular flexibility index (Phi) is 3.72. The van der Waals surface area contributed by atoms with Crippen LogP contribution in [0, 0.1) is 0 Å². The SMILES string of the molecule is CC(C(=O)c1cc(Br)ccc1O)N1CCc2ccccc21. The van der Waals surface area contributed by atoms with Crippen molar-refractivity contribution in [3.63, 3.8) is 0 Å². The minimum atomic E-state index is -0.297. The van der Waals surface area contributed by atoms with E-state index in [1.54, 1.807) is 18.2 Å². The maximum absolute atomic E-state index is 12.7. The lowest BCUT2D eigenvalue weighted by molar-refractivity contribution is 0.0962. The lowest BCUT2D eigenvalue weighted by Crippen LogP contribution is -2.38. The summed E-state index contributed by atoms with van der Waals surface area (Å²) >= 11 is 3.35. The molecule has 2 aromatic carbocycles. The van der Waals surface area contributed by atoms with Gasteiger partial charge < -0.3 is 10.0 Å². The van der Waals surface area contributed by atoms with Gasteiger partial charge in [0.05, 0.1) is 11.6 Å². The summed E-state index contributed by atoms with van der Waals surface area (Å²) in [5.41, 5.74) is 2.75. The number of benzene rings is 2. The number of phenolic OH excluding ortho intramolecular Hbond substituents is 1. The van der Waals surface area contributed by atoms with E-state index in [-0.39, 0.29) is 17.6 Å². The number of halogens is 1. The predicted molar refractivity (Wildman–Crippen MR) is 87.1 cm³/mol. The number of hydrogen-bond donors (Lipinski definition) is 1. The zero-order valence-electron chi connectivity index (χ0n) is 11.7. The smallest absolute Gasteiger partial charge is 0.188 e. The summed E-state index contributed by atoms with van der Waals surface area (Å²) in [6.07, 6.45) is 0.957. The van der Waals surface area contributed by atoms with Crippen LogP contribution in [0.2, 0.25) is 0 Å². The number of Topliss-reactive ketones (excluding diaryl/α,β-unsaturated/α-hetero) is 1. The molecule has 2 aromatic rings. The van der Waals surface area contributed by atoms with Crippen LogP contribution in [0.3, 0.4) is 0 Å². The van der Waals surface area contributed by atoms with Crippen LogP contribution in [0.15, 0.2) is 46.9 Å². The molecule has 0 saturated carbocycles. The monoisotopic (exact) mass is 345 g/mol. The molecule has 0 fully saturated rings. The van der Waals surface area contributed by atoms with Crippen LogP contribution in [0.1, 0.15) is 22.8 Å². The van der Waals surface area contributed by atoms with Gasteiger partial charge in [0, 0.05) is 16.7 Å². The van der Waals surface area contributed by atoms with E-state index in [9.17, 15) is 9.90 Å². The van der Waals surface area contributed by atoms with Crippen LogP contribution in [0.5, 0.6) is 5.75 Å². The highest BCUT2D eigenvalue weighted by molar-refractivity contribution is 9.10. The first-order valence-corrected chi connectivity index (χ1v) is 7.74. The van der Waals surface area contributed by atoms with E-state index >= 15 is 0 Å². The van der Waals surface area contributed by atoms with Gasteiger partial charge in [0.25, 0.3) is 0 Å². The third-order valence-corrected chi connectivity index (χ3v) is 4.49. The number of anilines is 1. The van der Waals surface area contributed by atoms with Crippen molar-refractivity contribution < 1.29 is 9.90 Å². The Labute approximate surface area is 132 Å². The van der Waals surface area contributed by atoms with Gasteiger partial charge >= 0.3 is 0 Å². The molecule has 108 valence electrons. The molecule has 1 N–H and O–H groups in total. The highest BCUT2D eigenvalue weighted by Crippen LogP contribution is 2.31. The maximum Gasteiger partial charge on any atom is 0.188 e. The molecule has 1 atom stereocenters. The van der Waals surface area contributed by atoms with E-state index < -0.39 is 0 Å². The molecule has 21 heavy (non-hydrogen) atoms. The Morgan fingerprint density at radius 3 is 2.86 bits per heavy atom. The van der Waals surface area contributed by atoms with Crippen molar-refractivity contribution in [1.82, 2.24) is 0 Å². The summed E-state index contributed by atoms with van der Waals surface area (Å²) in [6.45, 7) is 2.73. The molecular weight excluding hydrogens is 330 g/mol. The van der Waals surface area contributed by atoms with Crippen LogP contribution in [0.25, 0.3) is 0 Å². The van der Waals surface area contributed by atoms with Gasteiger partial charge in [0.1, 0.15) is 5.75 Å². The molecule has 0 bridgehead atoms. The molecule has 4 heteroatoms. The Balaban J connectivity index is 1.91. The third-order valence-electron chi connectivity index (χ3n) is 3.99. The van der Waals surface area contributed by atoms with Crippen LogP contribution in [-0.4, -0.2) is 23.5 Å². The first kappa shape index (κ1) is 14.1. The maximum atomic E-state index is 12.7. The van der Waals surface area contributed by atoms with Crippen LogP contribution in [0.4, 0.5) is 5.69 Å². The normalized spacial score (nSPS) is 14.9. The van der Waals surface area contributed by atoms with Crippen molar-refractivity contribution in [3.8, 4) is 5.75 Å². The van der Waals surface area contributed by atoms with E-state index in [0.29, 0.717) is 5.56 Å². The zero-order valence-corrected chi connectivity index (χ0v) is 13.3. The van der Waals surface area contributed by atoms with Crippen molar-refractivity contribution in [2.75, 3.05) is 11.4 Å². The van der Waals surface area contributed by atoms with E-state index in [0.717, 1.165) is 23.1 Å². The highest BCUT2D eigenvalue weighted by atomic mass is 79.9. The molecule has 0 spiro atoms. The van der Waals surface area contributed by atoms with E-state index in [4.69, 9.17) is 0 Å². The minimum absolute atomic E-state index is 0.0301. The summed E-state index contributed by atoms with van der Waals surface area (Å²) in [5.74, 6) is -0.0342. The van der Waals surface area contributed by atoms with E-state index in [1.807, 2.05) is 25.1 Å². The van der Waals surface area contributed by atoms with Crippen molar-refractivity contribution in [1.29, 1.82) is 0 Å². The molecular formula is C17H16BrNO2. The fourth-order valence-corrected chi connectivity index (χ4v) is 3.20. The van der Waals surface area contributed by atoms with Gasteiger partial charge in [0.2, 0.25) is 0 Å². The number of hydrogen-bond acceptors (Lipinski definition) is 3. The average molecular weight is 346 g/mol. The molecule has 0 aromatic heterocycles. The summed E-state index contributed by atoms with van der Waals surface area (Å²) in [5, 5.41) is 9.93. The van der Waals surface area contributed by atoms with Crippen molar-refractivity contribution in [2.24, 2.45) is 0 Å². The first-order chi connectivity index (χ1) is 10.1. The minimum Gasteiger partial charge on any atom is -0.507 e. The molecule has 1 heterocycles. The number of ketones is 1. The molecule has 3 rings (SSSR count). The zero-order chi connectivity index (χ0) is 15.0. The van der Waals surface area contributed by atoms with Crippen LogP contribution < -0.4 is 4.90 Å². The van der Waals surface area contributed by atoms with Crippen molar-refractivity contribution in [3.05, 3.63) is 58.1 Å². The van der Waals surface area contributed by atoms with Crippen LogP contribution >= 0.6 is 15.9 Å². The lowest BCUT2D eigenvalue weighted by Gasteiger charge is -2.26. The number of rotatable bonds is 3. The Hall–Kier alpha value is -1.81. The lowest BCUT2D eigenvalue weighted by atomic mass is 10.0. The van der Waals surface area contributed by atoms with Gasteiger partial charge in [-0.25, -0.2) is 0 Å². The van der Waals surface area contributed by atoms with Crippen molar-refractivity contribution >= 4 is 27.4 Å². The van der Waals surface area contributed by atoms with Gasteiger partial charge in [-0.3, -0.25) is 4.79 Å². The van der Waals surface area contributed by atoms with Gasteiger partial charge in [-0.15, -0.1) is 0 Å². The average Bonchev–Trinajstić information content (AvgIpc) is 2.92. The number of fused-ring (bicyclic) bond motifs is 1. The molecule has 0 saturated heterocycles. The molecule has 1 unspecified atom stereocenters. The van der Waals surface area contributed by atoms with Gasteiger partial charge in [-0.2, -0.15) is 0 Å². The number of para-hydroxylation sites is 1. The molecule has 3 nitrogen and oxygen atoms in total. The standard InChI is InChI=1S/C17H16BrNO2/c1-11(17(21)14-10-13(18)6-7-16(14)20)19-9-8-12-4-2-3-5-15(12)19/h2-7,10-11,20H,8-9H2,1H3. The number of carbonyl (C=O) groups excluding carboxylic acids is 1. The summed E-state index contributed by atoms with van der Waals surface area (Å²) < 4.78 is 0.790. The second kappa shape index (κ2) is 5.53. The summed E-state index contributed by atoms with van der Waals surface area (Å²) in [4.78, 5) is 14.8. The topological polar surface area (TPSA) is 40.5 Å².